The van der Waals surface area contributed by atoms with Gasteiger partial charge in [-0.05, 0) is 30.2 Å². The Morgan fingerprint density at radius 3 is 2.61 bits per heavy atom. The molecule has 0 aliphatic carbocycles. The number of sulfone groups is 1. The third kappa shape index (κ3) is 5.40. The van der Waals surface area contributed by atoms with Crippen LogP contribution in [0.3, 0.4) is 0 Å². The van der Waals surface area contributed by atoms with Gasteiger partial charge in [0.05, 0.1) is 23.7 Å². The third-order valence-electron chi connectivity index (χ3n) is 5.05. The lowest BCUT2D eigenvalue weighted by Gasteiger charge is -2.25. The van der Waals surface area contributed by atoms with E-state index in [4.69, 9.17) is 0 Å². The van der Waals surface area contributed by atoms with E-state index < -0.39 is 15.7 Å². The first-order valence-electron chi connectivity index (χ1n) is 10.0. The van der Waals surface area contributed by atoms with E-state index in [9.17, 15) is 18.5 Å². The van der Waals surface area contributed by atoms with E-state index in [1.165, 1.54) is 18.0 Å². The molecule has 3 rings (SSSR count). The molecule has 1 amide bonds. The van der Waals surface area contributed by atoms with Crippen molar-refractivity contribution in [3.63, 3.8) is 0 Å². The van der Waals surface area contributed by atoms with E-state index in [1.807, 2.05) is 68.1 Å². The summed E-state index contributed by atoms with van der Waals surface area (Å²) in [6.07, 6.45) is 1.27. The second-order valence-electron chi connectivity index (χ2n) is 8.25. The van der Waals surface area contributed by atoms with Gasteiger partial charge in [0.2, 0.25) is 0 Å². The highest BCUT2D eigenvalue weighted by Crippen LogP contribution is 2.41. The molecule has 2 atom stereocenters. The van der Waals surface area contributed by atoms with Crippen molar-refractivity contribution >= 4 is 44.0 Å². The number of hydrogen-bond acceptors (Lipinski definition) is 7. The summed E-state index contributed by atoms with van der Waals surface area (Å²) < 4.78 is 24.4. The number of hydrogen-bond donors (Lipinski definition) is 1. The number of benzene rings is 1. The second kappa shape index (κ2) is 9.32. The molecule has 31 heavy (non-hydrogen) atoms. The normalized spacial score (nSPS) is 23.7. The molecule has 0 aromatic heterocycles. The first-order valence-corrected chi connectivity index (χ1v) is 12.7. The maximum atomic E-state index is 12.2. The fraction of sp³-hybridized carbons (Fsp3) is 0.476. The Bertz CT molecular complexity index is 1040. The molecule has 1 aromatic rings. The van der Waals surface area contributed by atoms with Crippen molar-refractivity contribution in [3.05, 3.63) is 36.0 Å². The van der Waals surface area contributed by atoms with E-state index in [-0.39, 0.29) is 34.3 Å². The van der Waals surface area contributed by atoms with Crippen molar-refractivity contribution in [1.82, 2.24) is 5.32 Å². The minimum Gasteiger partial charge on any atom is -0.378 e. The molecule has 2 heterocycles. The minimum atomic E-state index is -3.11. The number of nitrogens with one attached hydrogen (secondary N) is 1. The average Bonchev–Trinajstić information content (AvgIpc) is 3.17. The molecule has 0 spiro atoms. The SMILES string of the molecule is CC(C)CNC(=O)/C(C#N)=C/N=C1S[C@H]2CS(=O)(=O)C[C@@H]2N1c1ccc(N(C)C)cc1. The molecule has 0 bridgehead atoms. The second-order valence-corrected chi connectivity index (χ2v) is 11.6. The van der Waals surface area contributed by atoms with Crippen molar-refractivity contribution in [2.24, 2.45) is 10.9 Å². The van der Waals surface area contributed by atoms with E-state index in [1.54, 1.807) is 0 Å². The number of nitrogens with zero attached hydrogens (tertiary/aromatic N) is 4. The summed E-state index contributed by atoms with van der Waals surface area (Å²) in [4.78, 5) is 20.6. The molecule has 1 N–H and O–H groups in total. The molecular weight excluding hydrogens is 434 g/mol. The van der Waals surface area contributed by atoms with Crippen LogP contribution in [-0.2, 0) is 14.6 Å². The Morgan fingerprint density at radius 1 is 1.35 bits per heavy atom. The quantitative estimate of drug-likeness (QED) is 0.510. The number of thioether (sulfide) groups is 1. The number of anilines is 2. The predicted molar refractivity (Wildman–Crippen MR) is 126 cm³/mol. The van der Waals surface area contributed by atoms with Crippen molar-refractivity contribution in [2.45, 2.75) is 25.1 Å². The van der Waals surface area contributed by atoms with Crippen LogP contribution in [0, 0.1) is 17.2 Å². The first kappa shape index (κ1) is 23.2. The number of amides is 1. The van der Waals surface area contributed by atoms with Crippen molar-refractivity contribution in [1.29, 1.82) is 5.26 Å². The minimum absolute atomic E-state index is 0.0583. The number of fused-ring (bicyclic) bond motifs is 1. The zero-order valence-corrected chi connectivity index (χ0v) is 19.7. The predicted octanol–water partition coefficient (Wildman–Crippen LogP) is 2.01. The van der Waals surface area contributed by atoms with Crippen LogP contribution in [0.25, 0.3) is 0 Å². The number of rotatable bonds is 6. The average molecular weight is 462 g/mol. The number of nitriles is 1. The maximum absolute atomic E-state index is 12.2. The summed E-state index contributed by atoms with van der Waals surface area (Å²) in [5, 5.41) is 12.6. The lowest BCUT2D eigenvalue weighted by molar-refractivity contribution is -0.117. The smallest absolute Gasteiger partial charge is 0.263 e. The largest absolute Gasteiger partial charge is 0.378 e. The highest BCUT2D eigenvalue weighted by molar-refractivity contribution is 8.16. The summed E-state index contributed by atoms with van der Waals surface area (Å²) in [7, 11) is 0.786. The van der Waals surface area contributed by atoms with Gasteiger partial charge < -0.3 is 15.1 Å². The van der Waals surface area contributed by atoms with Gasteiger partial charge in [-0.1, -0.05) is 25.6 Å². The molecule has 10 heteroatoms. The first-order chi connectivity index (χ1) is 14.6. The zero-order valence-electron chi connectivity index (χ0n) is 18.1. The van der Waals surface area contributed by atoms with Gasteiger partial charge in [-0.25, -0.2) is 13.4 Å². The number of carbonyl (C=O) groups excluding carboxylic acids is 1. The van der Waals surface area contributed by atoms with Crippen LogP contribution in [0.1, 0.15) is 13.8 Å². The van der Waals surface area contributed by atoms with Crippen LogP contribution in [-0.4, -0.2) is 62.9 Å². The fourth-order valence-corrected chi connectivity index (χ4v) is 7.33. The summed E-state index contributed by atoms with van der Waals surface area (Å²) in [6.45, 7) is 4.41. The van der Waals surface area contributed by atoms with Crippen LogP contribution in [0.15, 0.2) is 41.0 Å². The standard InChI is InChI=1S/C21H27N5O3S2/c1-14(2)10-23-20(27)15(9-22)11-24-21-26(17-7-5-16(6-8-17)25(3)4)18-12-31(28,29)13-19(18)30-21/h5-8,11,14,18-19H,10,12-13H2,1-4H3,(H,23,27)/b15-11+,24-21?/t18-,19-/m0/s1. The number of aliphatic imine (C=N–C) groups is 1. The lowest BCUT2D eigenvalue weighted by Crippen LogP contribution is -2.37. The molecule has 0 saturated carbocycles. The van der Waals surface area contributed by atoms with Crippen molar-refractivity contribution in [2.75, 3.05) is 41.9 Å². The van der Waals surface area contributed by atoms with Gasteiger partial charge in [0.15, 0.2) is 15.0 Å². The molecular formula is C21H27N5O3S2. The van der Waals surface area contributed by atoms with Gasteiger partial charge >= 0.3 is 0 Å². The molecule has 1 aromatic carbocycles. The fourth-order valence-electron chi connectivity index (χ4n) is 3.44. The Hall–Kier alpha value is -2.51. The van der Waals surface area contributed by atoms with E-state index >= 15 is 0 Å². The lowest BCUT2D eigenvalue weighted by atomic mass is 10.2. The summed E-state index contributed by atoms with van der Waals surface area (Å²) >= 11 is 1.38. The summed E-state index contributed by atoms with van der Waals surface area (Å²) in [5.74, 6) is -0.0455. The maximum Gasteiger partial charge on any atom is 0.263 e. The van der Waals surface area contributed by atoms with Gasteiger partial charge in [-0.2, -0.15) is 5.26 Å². The van der Waals surface area contributed by atoms with Gasteiger partial charge in [0, 0.05) is 37.3 Å². The zero-order chi connectivity index (χ0) is 22.8. The highest BCUT2D eigenvalue weighted by atomic mass is 32.2. The van der Waals surface area contributed by atoms with Crippen LogP contribution in [0.2, 0.25) is 0 Å². The molecule has 2 aliphatic rings. The van der Waals surface area contributed by atoms with Crippen LogP contribution < -0.4 is 15.1 Å². The van der Waals surface area contributed by atoms with E-state index in [0.29, 0.717) is 11.7 Å². The van der Waals surface area contributed by atoms with Gasteiger partial charge in [0.1, 0.15) is 11.6 Å². The van der Waals surface area contributed by atoms with Gasteiger partial charge in [-0.3, -0.25) is 4.79 Å². The third-order valence-corrected chi connectivity index (χ3v) is 8.27. The van der Waals surface area contributed by atoms with E-state index in [2.05, 4.69) is 10.3 Å². The molecule has 8 nitrogen and oxygen atoms in total. The Balaban J connectivity index is 1.92. The molecule has 0 radical (unpaired) electrons. The van der Waals surface area contributed by atoms with Gasteiger partial charge in [0.25, 0.3) is 5.91 Å². The Morgan fingerprint density at radius 2 is 2.03 bits per heavy atom. The number of amidine groups is 1. The molecule has 0 unspecified atom stereocenters. The van der Waals surface area contributed by atoms with E-state index in [0.717, 1.165) is 11.4 Å². The molecule has 2 fully saturated rings. The monoisotopic (exact) mass is 461 g/mol. The van der Waals surface area contributed by atoms with Crippen molar-refractivity contribution in [3.8, 4) is 6.07 Å². The Labute approximate surface area is 187 Å². The van der Waals surface area contributed by atoms with Crippen LogP contribution in [0.4, 0.5) is 11.4 Å². The molecule has 2 aliphatic heterocycles. The van der Waals surface area contributed by atoms with Crippen LogP contribution >= 0.6 is 11.8 Å². The summed E-state index contributed by atoms with van der Waals surface area (Å²) in [5.41, 5.74) is 1.78. The Kier molecular flexibility index (Phi) is 6.96. The summed E-state index contributed by atoms with van der Waals surface area (Å²) in [6, 6.07) is 9.46. The number of carbonyl (C=O) groups is 1. The molecule has 2 saturated heterocycles. The van der Waals surface area contributed by atoms with Crippen molar-refractivity contribution < 1.29 is 13.2 Å². The topological polar surface area (TPSA) is 106 Å². The van der Waals surface area contributed by atoms with Crippen LogP contribution in [0.5, 0.6) is 0 Å². The van der Waals surface area contributed by atoms with Gasteiger partial charge in [-0.15, -0.1) is 0 Å². The highest BCUT2D eigenvalue weighted by Gasteiger charge is 2.49. The molecule has 166 valence electrons.